The highest BCUT2D eigenvalue weighted by Crippen LogP contribution is 2.42. The molecule has 1 aliphatic carbocycles. The first-order valence-corrected chi connectivity index (χ1v) is 9.73. The minimum Gasteiger partial charge on any atom is -0.396 e. The van der Waals surface area contributed by atoms with Crippen LogP contribution in [0.4, 0.5) is 0 Å². The Labute approximate surface area is 153 Å². The number of aliphatic hydroxyl groups is 1. The number of pyridine rings is 1. The van der Waals surface area contributed by atoms with E-state index in [1.807, 2.05) is 23.6 Å². The number of amides is 1. The highest BCUT2D eigenvalue weighted by molar-refractivity contribution is 5.82. The average molecular weight is 357 g/mol. The molecule has 26 heavy (non-hydrogen) atoms. The van der Waals surface area contributed by atoms with Crippen molar-refractivity contribution in [2.24, 2.45) is 11.8 Å². The SMILES string of the molecule is CCCNC(=O)[C@H]1N[C@H]2c3ccc(C4=CCCC4)c(=O)n3C[C@H]2[C@@H]1CO. The van der Waals surface area contributed by atoms with Gasteiger partial charge in [0.05, 0.1) is 12.1 Å². The van der Waals surface area contributed by atoms with Crippen molar-refractivity contribution in [3.05, 3.63) is 39.8 Å². The first-order chi connectivity index (χ1) is 12.7. The molecule has 0 spiro atoms. The zero-order valence-corrected chi connectivity index (χ0v) is 15.2. The van der Waals surface area contributed by atoms with Gasteiger partial charge in [-0.25, -0.2) is 0 Å². The summed E-state index contributed by atoms with van der Waals surface area (Å²) in [6.45, 7) is 3.16. The van der Waals surface area contributed by atoms with Crippen LogP contribution in [-0.4, -0.2) is 34.8 Å². The molecule has 0 unspecified atom stereocenters. The molecule has 1 aromatic heterocycles. The van der Waals surface area contributed by atoms with E-state index >= 15 is 0 Å². The number of aliphatic hydroxyl groups excluding tert-OH is 1. The number of nitrogens with one attached hydrogen (secondary N) is 2. The second kappa shape index (κ2) is 7.00. The van der Waals surface area contributed by atoms with Crippen molar-refractivity contribution in [1.29, 1.82) is 0 Å². The molecule has 3 heterocycles. The van der Waals surface area contributed by atoms with Crippen molar-refractivity contribution >= 4 is 11.5 Å². The summed E-state index contributed by atoms with van der Waals surface area (Å²) in [7, 11) is 0. The molecule has 0 bridgehead atoms. The molecular formula is C20H27N3O3. The Hall–Kier alpha value is -1.92. The maximum absolute atomic E-state index is 13.0. The highest BCUT2D eigenvalue weighted by Gasteiger charge is 2.50. The minimum absolute atomic E-state index is 0.0520. The van der Waals surface area contributed by atoms with Crippen molar-refractivity contribution in [3.8, 4) is 0 Å². The topological polar surface area (TPSA) is 83.4 Å². The van der Waals surface area contributed by atoms with Crippen LogP contribution >= 0.6 is 0 Å². The van der Waals surface area contributed by atoms with Gasteiger partial charge >= 0.3 is 0 Å². The fourth-order valence-electron chi connectivity index (χ4n) is 4.77. The number of allylic oxidation sites excluding steroid dienone is 2. The van der Waals surface area contributed by atoms with Crippen LogP contribution in [0.1, 0.15) is 49.9 Å². The summed E-state index contributed by atoms with van der Waals surface area (Å²) in [4.78, 5) is 25.4. The van der Waals surface area contributed by atoms with Gasteiger partial charge in [-0.2, -0.15) is 0 Å². The van der Waals surface area contributed by atoms with E-state index < -0.39 is 6.04 Å². The van der Waals surface area contributed by atoms with Gasteiger partial charge < -0.3 is 15.0 Å². The molecule has 1 amide bonds. The Morgan fingerprint density at radius 3 is 2.96 bits per heavy atom. The standard InChI is InChI=1S/C20H27N3O3/c1-2-9-21-19(25)18-15(11-24)14-10-23-16(17(14)22-18)8-7-13(20(23)26)12-5-3-4-6-12/h5,7-8,14-15,17-18,22,24H,2-4,6,9-11H2,1H3,(H,21,25)/t14-,15-,17+,18-/m0/s1. The molecule has 0 radical (unpaired) electrons. The first kappa shape index (κ1) is 17.5. The maximum Gasteiger partial charge on any atom is 0.258 e. The van der Waals surface area contributed by atoms with Crippen molar-refractivity contribution in [2.45, 2.75) is 51.2 Å². The van der Waals surface area contributed by atoms with Crippen molar-refractivity contribution in [2.75, 3.05) is 13.2 Å². The summed E-state index contributed by atoms with van der Waals surface area (Å²) in [5.74, 6) is -0.162. The van der Waals surface area contributed by atoms with Crippen molar-refractivity contribution in [3.63, 3.8) is 0 Å². The molecule has 4 atom stereocenters. The maximum atomic E-state index is 13.0. The number of hydrogen-bond acceptors (Lipinski definition) is 4. The van der Waals surface area contributed by atoms with Gasteiger partial charge in [0.1, 0.15) is 0 Å². The number of nitrogens with zero attached hydrogens (tertiary/aromatic N) is 1. The summed E-state index contributed by atoms with van der Waals surface area (Å²) in [5, 5.41) is 16.2. The minimum atomic E-state index is -0.400. The molecule has 3 N–H and O–H groups in total. The average Bonchev–Trinajstić information content (AvgIpc) is 3.35. The number of hydrogen-bond donors (Lipinski definition) is 3. The van der Waals surface area contributed by atoms with E-state index in [0.717, 1.165) is 42.5 Å². The second-order valence-electron chi connectivity index (χ2n) is 7.63. The van der Waals surface area contributed by atoms with E-state index in [1.54, 1.807) is 0 Å². The molecule has 6 nitrogen and oxygen atoms in total. The Morgan fingerprint density at radius 1 is 1.42 bits per heavy atom. The van der Waals surface area contributed by atoms with E-state index in [0.29, 0.717) is 13.1 Å². The van der Waals surface area contributed by atoms with Crippen molar-refractivity contribution < 1.29 is 9.90 Å². The fraction of sp³-hybridized carbons (Fsp3) is 0.600. The van der Waals surface area contributed by atoms with Gasteiger partial charge in [-0.1, -0.05) is 13.0 Å². The van der Waals surface area contributed by atoms with Crippen LogP contribution in [0.25, 0.3) is 5.57 Å². The molecule has 140 valence electrons. The normalized spacial score (nSPS) is 29.4. The second-order valence-corrected chi connectivity index (χ2v) is 7.63. The van der Waals surface area contributed by atoms with Gasteiger partial charge in [-0.15, -0.1) is 0 Å². The number of carbonyl (C=O) groups is 1. The van der Waals surface area contributed by atoms with Crippen LogP contribution < -0.4 is 16.2 Å². The van der Waals surface area contributed by atoms with Gasteiger partial charge in [0, 0.05) is 42.8 Å². The Bertz CT molecular complexity index is 798. The summed E-state index contributed by atoms with van der Waals surface area (Å²) in [5.41, 5.74) is 2.97. The van der Waals surface area contributed by atoms with Crippen LogP contribution in [-0.2, 0) is 11.3 Å². The van der Waals surface area contributed by atoms with Crippen LogP contribution in [0.5, 0.6) is 0 Å². The number of carbonyl (C=O) groups excluding carboxylic acids is 1. The lowest BCUT2D eigenvalue weighted by molar-refractivity contribution is -0.124. The summed E-state index contributed by atoms with van der Waals surface area (Å²) in [6, 6.07) is 3.51. The number of fused-ring (bicyclic) bond motifs is 3. The lowest BCUT2D eigenvalue weighted by Crippen LogP contribution is -2.46. The van der Waals surface area contributed by atoms with Crippen molar-refractivity contribution in [1.82, 2.24) is 15.2 Å². The molecule has 1 saturated heterocycles. The predicted octanol–water partition coefficient (Wildman–Crippen LogP) is 1.19. The van der Waals surface area contributed by atoms with Crippen LogP contribution in [0.2, 0.25) is 0 Å². The van der Waals surface area contributed by atoms with E-state index in [9.17, 15) is 14.7 Å². The Balaban J connectivity index is 1.62. The smallest absolute Gasteiger partial charge is 0.258 e. The molecule has 4 rings (SSSR count). The lowest BCUT2D eigenvalue weighted by Gasteiger charge is -2.21. The monoisotopic (exact) mass is 357 g/mol. The molecule has 0 saturated carbocycles. The Morgan fingerprint density at radius 2 is 2.27 bits per heavy atom. The molecular weight excluding hydrogens is 330 g/mol. The summed E-state index contributed by atoms with van der Waals surface area (Å²) >= 11 is 0. The highest BCUT2D eigenvalue weighted by atomic mass is 16.3. The van der Waals surface area contributed by atoms with Gasteiger partial charge in [-0.3, -0.25) is 14.9 Å². The van der Waals surface area contributed by atoms with Gasteiger partial charge in [-0.05, 0) is 43.4 Å². The third-order valence-electron chi connectivity index (χ3n) is 6.11. The lowest BCUT2D eigenvalue weighted by atomic mass is 9.88. The first-order valence-electron chi connectivity index (χ1n) is 9.73. The van der Waals surface area contributed by atoms with E-state index in [4.69, 9.17) is 0 Å². The van der Waals surface area contributed by atoms with Crippen LogP contribution in [0, 0.1) is 11.8 Å². The summed E-state index contributed by atoms with van der Waals surface area (Å²) in [6.07, 6.45) is 6.18. The third kappa shape index (κ3) is 2.72. The molecule has 1 fully saturated rings. The molecule has 2 aliphatic heterocycles. The van der Waals surface area contributed by atoms with Crippen LogP contribution in [0.3, 0.4) is 0 Å². The number of rotatable bonds is 5. The van der Waals surface area contributed by atoms with E-state index in [-0.39, 0.29) is 36.0 Å². The van der Waals surface area contributed by atoms with E-state index in [1.165, 1.54) is 0 Å². The van der Waals surface area contributed by atoms with Gasteiger partial charge in [0.15, 0.2) is 0 Å². The summed E-state index contributed by atoms with van der Waals surface area (Å²) < 4.78 is 1.85. The fourth-order valence-corrected chi connectivity index (χ4v) is 4.77. The molecule has 3 aliphatic rings. The van der Waals surface area contributed by atoms with E-state index in [2.05, 4.69) is 16.7 Å². The zero-order valence-electron chi connectivity index (χ0n) is 15.2. The number of aromatic nitrogens is 1. The predicted molar refractivity (Wildman–Crippen MR) is 99.6 cm³/mol. The molecule has 0 aromatic carbocycles. The zero-order chi connectivity index (χ0) is 18.3. The van der Waals surface area contributed by atoms with Crippen LogP contribution in [0.15, 0.2) is 23.0 Å². The third-order valence-corrected chi connectivity index (χ3v) is 6.11. The molecule has 1 aromatic rings. The largest absolute Gasteiger partial charge is 0.396 e. The molecule has 6 heteroatoms. The van der Waals surface area contributed by atoms with Gasteiger partial charge in [0.2, 0.25) is 5.91 Å². The Kier molecular flexibility index (Phi) is 4.71. The van der Waals surface area contributed by atoms with Gasteiger partial charge in [0.25, 0.3) is 5.56 Å². The quantitative estimate of drug-likeness (QED) is 0.739.